The number of anilines is 1. The average Bonchev–Trinajstić information content (AvgIpc) is 3.17. The van der Waals surface area contributed by atoms with Crippen LogP contribution in [0, 0.1) is 0 Å². The summed E-state index contributed by atoms with van der Waals surface area (Å²) < 4.78 is 1.89. The summed E-state index contributed by atoms with van der Waals surface area (Å²) >= 11 is 0. The molecule has 1 fully saturated rings. The Labute approximate surface area is 163 Å². The molecule has 142 valence electrons. The van der Waals surface area contributed by atoms with Gasteiger partial charge in [-0.1, -0.05) is 0 Å². The van der Waals surface area contributed by atoms with Crippen LogP contribution in [0.2, 0.25) is 0 Å². The maximum absolute atomic E-state index is 4.66. The summed E-state index contributed by atoms with van der Waals surface area (Å²) in [6.07, 6.45) is 12.1. The summed E-state index contributed by atoms with van der Waals surface area (Å²) in [5, 5.41) is 12.6. The lowest BCUT2D eigenvalue weighted by molar-refractivity contribution is 0.370. The molecule has 2 N–H and O–H groups in total. The highest BCUT2D eigenvalue weighted by Crippen LogP contribution is 2.27. The van der Waals surface area contributed by atoms with Crippen LogP contribution >= 0.6 is 0 Å². The Kier molecular flexibility index (Phi) is 4.37. The molecule has 1 saturated carbocycles. The molecule has 0 atom stereocenters. The van der Waals surface area contributed by atoms with Gasteiger partial charge in [0, 0.05) is 47.2 Å². The molecule has 4 heterocycles. The molecule has 4 aromatic rings. The second-order valence-corrected chi connectivity index (χ2v) is 7.40. The summed E-state index contributed by atoms with van der Waals surface area (Å²) in [6.45, 7) is 0. The van der Waals surface area contributed by atoms with Crippen LogP contribution in [-0.2, 0) is 0 Å². The molecule has 7 nitrogen and oxygen atoms in total. The molecule has 0 saturated heterocycles. The van der Waals surface area contributed by atoms with Gasteiger partial charge in [0.25, 0.3) is 0 Å². The highest BCUT2D eigenvalue weighted by molar-refractivity contribution is 5.86. The predicted octanol–water partition coefficient (Wildman–Crippen LogP) is 3.28. The van der Waals surface area contributed by atoms with Crippen LogP contribution in [-0.4, -0.2) is 43.7 Å². The Morgan fingerprint density at radius 2 is 1.86 bits per heavy atom. The topological polar surface area (TPSA) is 80.0 Å². The fourth-order valence-electron chi connectivity index (χ4n) is 4.03. The SMILES string of the molecule is CN[C@H]1CC[C@@H](Nc2ncc3c(-c4cnc5ncccc5c4)ccn3n2)CC1. The third-order valence-electron chi connectivity index (χ3n) is 5.65. The van der Waals surface area contributed by atoms with E-state index in [4.69, 9.17) is 0 Å². The largest absolute Gasteiger partial charge is 0.350 e. The Morgan fingerprint density at radius 3 is 2.71 bits per heavy atom. The molecule has 1 aliphatic rings. The summed E-state index contributed by atoms with van der Waals surface area (Å²) in [6, 6.07) is 9.20. The number of nitrogens with zero attached hydrogens (tertiary/aromatic N) is 5. The van der Waals surface area contributed by atoms with Gasteiger partial charge < -0.3 is 10.6 Å². The van der Waals surface area contributed by atoms with Crippen molar-refractivity contribution in [2.75, 3.05) is 12.4 Å². The van der Waals surface area contributed by atoms with E-state index in [1.165, 1.54) is 12.8 Å². The summed E-state index contributed by atoms with van der Waals surface area (Å²) in [4.78, 5) is 13.3. The molecule has 0 amide bonds. The minimum atomic E-state index is 0.439. The fourth-order valence-corrected chi connectivity index (χ4v) is 4.03. The van der Waals surface area contributed by atoms with Gasteiger partial charge in [0.2, 0.25) is 5.95 Å². The monoisotopic (exact) mass is 373 g/mol. The molecule has 0 spiro atoms. The van der Waals surface area contributed by atoms with Gasteiger partial charge in [-0.25, -0.2) is 19.5 Å². The Bertz CT molecular complexity index is 1110. The van der Waals surface area contributed by atoms with Gasteiger partial charge in [0.05, 0.1) is 11.7 Å². The van der Waals surface area contributed by atoms with E-state index in [2.05, 4.69) is 42.8 Å². The minimum absolute atomic E-state index is 0.439. The maximum Gasteiger partial charge on any atom is 0.241 e. The van der Waals surface area contributed by atoms with Crippen LogP contribution in [0.25, 0.3) is 27.7 Å². The van der Waals surface area contributed by atoms with Crippen LogP contribution in [0.15, 0.2) is 49.1 Å². The molecule has 0 bridgehead atoms. The zero-order chi connectivity index (χ0) is 18.9. The van der Waals surface area contributed by atoms with Crippen molar-refractivity contribution in [3.8, 4) is 11.1 Å². The molecular weight excluding hydrogens is 350 g/mol. The van der Waals surface area contributed by atoms with Gasteiger partial charge in [-0.05, 0) is 57.0 Å². The lowest BCUT2D eigenvalue weighted by Crippen LogP contribution is -2.35. The molecule has 0 aromatic carbocycles. The molecule has 28 heavy (non-hydrogen) atoms. The Balaban J connectivity index is 1.40. The van der Waals surface area contributed by atoms with Gasteiger partial charge >= 0.3 is 0 Å². The van der Waals surface area contributed by atoms with Crippen molar-refractivity contribution >= 4 is 22.5 Å². The number of hydrogen-bond acceptors (Lipinski definition) is 6. The lowest BCUT2D eigenvalue weighted by atomic mass is 9.91. The first-order valence-electron chi connectivity index (χ1n) is 9.79. The van der Waals surface area contributed by atoms with Crippen molar-refractivity contribution in [2.45, 2.75) is 37.8 Å². The van der Waals surface area contributed by atoms with Gasteiger partial charge in [-0.15, -0.1) is 5.10 Å². The lowest BCUT2D eigenvalue weighted by Gasteiger charge is -2.28. The number of nitrogens with one attached hydrogen (secondary N) is 2. The zero-order valence-electron chi connectivity index (χ0n) is 15.8. The molecule has 0 unspecified atom stereocenters. The normalized spacial score (nSPS) is 19.9. The quantitative estimate of drug-likeness (QED) is 0.571. The molecule has 4 aromatic heterocycles. The van der Waals surface area contributed by atoms with E-state index >= 15 is 0 Å². The minimum Gasteiger partial charge on any atom is -0.350 e. The van der Waals surface area contributed by atoms with Gasteiger partial charge in [-0.2, -0.15) is 0 Å². The van der Waals surface area contributed by atoms with Gasteiger partial charge in [0.15, 0.2) is 5.65 Å². The predicted molar refractivity (Wildman–Crippen MR) is 110 cm³/mol. The molecule has 1 aliphatic carbocycles. The van der Waals surface area contributed by atoms with E-state index in [0.717, 1.165) is 40.5 Å². The van der Waals surface area contributed by atoms with Crippen molar-refractivity contribution in [2.24, 2.45) is 0 Å². The second kappa shape index (κ2) is 7.16. The first-order chi connectivity index (χ1) is 13.8. The van der Waals surface area contributed by atoms with E-state index < -0.39 is 0 Å². The van der Waals surface area contributed by atoms with E-state index in [-0.39, 0.29) is 0 Å². The van der Waals surface area contributed by atoms with E-state index in [1.54, 1.807) is 6.20 Å². The van der Waals surface area contributed by atoms with Crippen molar-refractivity contribution in [3.05, 3.63) is 49.1 Å². The third-order valence-corrected chi connectivity index (χ3v) is 5.65. The van der Waals surface area contributed by atoms with Crippen molar-refractivity contribution in [1.82, 2.24) is 29.9 Å². The van der Waals surface area contributed by atoms with Crippen molar-refractivity contribution in [1.29, 1.82) is 0 Å². The molecule has 0 radical (unpaired) electrons. The van der Waals surface area contributed by atoms with E-state index in [9.17, 15) is 0 Å². The van der Waals surface area contributed by atoms with Crippen LogP contribution in [0.4, 0.5) is 5.95 Å². The van der Waals surface area contributed by atoms with E-state index in [1.807, 2.05) is 42.3 Å². The Morgan fingerprint density at radius 1 is 1.00 bits per heavy atom. The molecule has 0 aliphatic heterocycles. The second-order valence-electron chi connectivity index (χ2n) is 7.40. The fraction of sp³-hybridized carbons (Fsp3) is 0.333. The standard InChI is InChI=1S/C21H23N7/c1-22-16-4-6-17(7-5-16)26-21-25-13-19-18(8-10-28(19)27-21)15-11-14-3-2-9-23-20(14)24-12-15/h2-3,8-13,16-17,22H,4-7H2,1H3,(H,26,27)/t16-,17+. The smallest absolute Gasteiger partial charge is 0.241 e. The first-order valence-corrected chi connectivity index (χ1v) is 9.79. The van der Waals surface area contributed by atoms with Crippen LogP contribution in [0.5, 0.6) is 0 Å². The third kappa shape index (κ3) is 3.18. The summed E-state index contributed by atoms with van der Waals surface area (Å²) in [5.74, 6) is 0.684. The summed E-state index contributed by atoms with van der Waals surface area (Å²) in [5.41, 5.74) is 3.83. The van der Waals surface area contributed by atoms with Crippen LogP contribution in [0.3, 0.4) is 0 Å². The number of hydrogen-bond donors (Lipinski definition) is 2. The highest BCUT2D eigenvalue weighted by Gasteiger charge is 2.20. The van der Waals surface area contributed by atoms with Crippen molar-refractivity contribution in [3.63, 3.8) is 0 Å². The number of fused-ring (bicyclic) bond motifs is 2. The van der Waals surface area contributed by atoms with Crippen LogP contribution in [0.1, 0.15) is 25.7 Å². The number of aromatic nitrogens is 5. The van der Waals surface area contributed by atoms with Crippen molar-refractivity contribution < 1.29 is 0 Å². The first kappa shape index (κ1) is 17.1. The van der Waals surface area contributed by atoms with E-state index in [0.29, 0.717) is 18.0 Å². The molecule has 7 heteroatoms. The van der Waals surface area contributed by atoms with Gasteiger partial charge in [0.1, 0.15) is 0 Å². The highest BCUT2D eigenvalue weighted by atomic mass is 15.3. The average molecular weight is 373 g/mol. The molecule has 5 rings (SSSR count). The summed E-state index contributed by atoms with van der Waals surface area (Å²) in [7, 11) is 2.04. The number of pyridine rings is 2. The maximum atomic E-state index is 4.66. The van der Waals surface area contributed by atoms with Crippen LogP contribution < -0.4 is 10.6 Å². The zero-order valence-corrected chi connectivity index (χ0v) is 15.8. The van der Waals surface area contributed by atoms with Gasteiger partial charge in [-0.3, -0.25) is 0 Å². The Hall–Kier alpha value is -3.06. The molecular formula is C21H23N7. The number of rotatable bonds is 4.